The first-order valence-corrected chi connectivity index (χ1v) is 5.79. The number of carbonyl (C=O) groups excluding carboxylic acids is 1. The molecule has 96 valence electrons. The summed E-state index contributed by atoms with van der Waals surface area (Å²) in [5.41, 5.74) is 0. The van der Waals surface area contributed by atoms with Crippen molar-refractivity contribution in [3.63, 3.8) is 0 Å². The molecule has 0 saturated heterocycles. The van der Waals surface area contributed by atoms with E-state index in [1.54, 1.807) is 7.11 Å². The quantitative estimate of drug-likeness (QED) is 0.769. The van der Waals surface area contributed by atoms with Crippen LogP contribution in [0.15, 0.2) is 0 Å². The molecule has 6 nitrogen and oxygen atoms in total. The van der Waals surface area contributed by atoms with E-state index in [9.17, 15) is 4.79 Å². The van der Waals surface area contributed by atoms with E-state index in [1.807, 2.05) is 20.8 Å². The van der Waals surface area contributed by atoms with Gasteiger partial charge in [-0.25, -0.2) is 4.98 Å². The smallest absolute Gasteiger partial charge is 0.291 e. The van der Waals surface area contributed by atoms with Crippen molar-refractivity contribution in [2.24, 2.45) is 5.92 Å². The summed E-state index contributed by atoms with van der Waals surface area (Å²) in [5.74, 6) is 0.923. The Hall–Kier alpha value is -1.43. The number of carbonyl (C=O) groups is 1. The van der Waals surface area contributed by atoms with Gasteiger partial charge in [0.2, 0.25) is 5.82 Å². The van der Waals surface area contributed by atoms with Gasteiger partial charge in [-0.1, -0.05) is 20.8 Å². The van der Waals surface area contributed by atoms with E-state index < -0.39 is 0 Å². The molecular weight excluding hydrogens is 220 g/mol. The number of nitrogens with one attached hydrogen (secondary N) is 2. The van der Waals surface area contributed by atoms with Crippen molar-refractivity contribution >= 4 is 5.91 Å². The van der Waals surface area contributed by atoms with Crippen LogP contribution in [0, 0.1) is 5.92 Å². The molecule has 2 N–H and O–H groups in total. The molecule has 0 aliphatic heterocycles. The molecule has 0 aliphatic carbocycles. The zero-order chi connectivity index (χ0) is 12.8. The van der Waals surface area contributed by atoms with E-state index in [0.29, 0.717) is 18.3 Å². The minimum atomic E-state index is -0.267. The summed E-state index contributed by atoms with van der Waals surface area (Å²) >= 11 is 0. The van der Waals surface area contributed by atoms with Gasteiger partial charge in [0.25, 0.3) is 5.91 Å². The number of aromatic amines is 1. The lowest BCUT2D eigenvalue weighted by atomic mass is 10.1. The number of amides is 1. The van der Waals surface area contributed by atoms with E-state index in [4.69, 9.17) is 4.74 Å². The van der Waals surface area contributed by atoms with E-state index >= 15 is 0 Å². The highest BCUT2D eigenvalue weighted by Gasteiger charge is 2.19. The van der Waals surface area contributed by atoms with Crippen LogP contribution in [-0.4, -0.2) is 40.8 Å². The van der Waals surface area contributed by atoms with Gasteiger partial charge in [-0.15, -0.1) is 5.10 Å². The SMILES string of the molecule is CCc1nc(C(=O)NC(COC)C(C)C)n[nH]1. The molecule has 0 spiro atoms. The van der Waals surface area contributed by atoms with Crippen LogP contribution in [0.2, 0.25) is 0 Å². The number of ether oxygens (including phenoxy) is 1. The average Bonchev–Trinajstić information content (AvgIpc) is 2.76. The molecule has 1 amide bonds. The molecule has 0 radical (unpaired) electrons. The molecule has 6 heteroatoms. The Morgan fingerprint density at radius 2 is 2.24 bits per heavy atom. The van der Waals surface area contributed by atoms with E-state index in [2.05, 4.69) is 20.5 Å². The molecule has 1 aromatic heterocycles. The normalized spacial score (nSPS) is 12.8. The highest BCUT2D eigenvalue weighted by Crippen LogP contribution is 2.03. The molecule has 0 aliphatic rings. The lowest BCUT2D eigenvalue weighted by molar-refractivity contribution is 0.0857. The number of rotatable bonds is 6. The zero-order valence-electron chi connectivity index (χ0n) is 10.8. The molecule has 17 heavy (non-hydrogen) atoms. The van der Waals surface area contributed by atoms with Crippen molar-refractivity contribution in [3.8, 4) is 0 Å². The minimum absolute atomic E-state index is 0.0314. The van der Waals surface area contributed by atoms with Gasteiger partial charge in [0.1, 0.15) is 5.82 Å². The Balaban J connectivity index is 2.63. The monoisotopic (exact) mass is 240 g/mol. The van der Waals surface area contributed by atoms with Gasteiger partial charge in [-0.2, -0.15) is 0 Å². The fraction of sp³-hybridized carbons (Fsp3) is 0.727. The van der Waals surface area contributed by atoms with E-state index in [0.717, 1.165) is 6.42 Å². The predicted molar refractivity (Wildman–Crippen MR) is 63.7 cm³/mol. The second-order valence-electron chi connectivity index (χ2n) is 4.24. The number of nitrogens with zero attached hydrogens (tertiary/aromatic N) is 2. The summed E-state index contributed by atoms with van der Waals surface area (Å²) in [6, 6.07) is -0.0314. The summed E-state index contributed by atoms with van der Waals surface area (Å²) in [5, 5.41) is 9.45. The molecule has 0 aromatic carbocycles. The van der Waals surface area contributed by atoms with Gasteiger partial charge in [-0.3, -0.25) is 9.89 Å². The number of methoxy groups -OCH3 is 1. The Morgan fingerprint density at radius 1 is 1.53 bits per heavy atom. The Morgan fingerprint density at radius 3 is 2.71 bits per heavy atom. The second kappa shape index (κ2) is 6.34. The van der Waals surface area contributed by atoms with Crippen LogP contribution in [0.1, 0.15) is 37.2 Å². The third-order valence-corrected chi connectivity index (χ3v) is 2.54. The van der Waals surface area contributed by atoms with Crippen molar-refractivity contribution in [1.82, 2.24) is 20.5 Å². The van der Waals surface area contributed by atoms with Crippen LogP contribution in [0.5, 0.6) is 0 Å². The van der Waals surface area contributed by atoms with Crippen molar-refractivity contribution in [3.05, 3.63) is 11.6 Å². The lowest BCUT2D eigenvalue weighted by Gasteiger charge is -2.20. The molecule has 1 aromatic rings. The van der Waals surface area contributed by atoms with E-state index in [1.165, 1.54) is 0 Å². The van der Waals surface area contributed by atoms with Crippen LogP contribution < -0.4 is 5.32 Å². The minimum Gasteiger partial charge on any atom is -0.383 e. The summed E-state index contributed by atoms with van der Waals surface area (Å²) in [7, 11) is 1.61. The number of H-pyrrole nitrogens is 1. The van der Waals surface area contributed by atoms with Gasteiger partial charge in [0, 0.05) is 13.5 Å². The topological polar surface area (TPSA) is 79.9 Å². The summed E-state index contributed by atoms with van der Waals surface area (Å²) in [6.45, 7) is 6.48. The van der Waals surface area contributed by atoms with Gasteiger partial charge in [0.15, 0.2) is 0 Å². The summed E-state index contributed by atoms with van der Waals surface area (Å²) in [4.78, 5) is 15.9. The number of hydrogen-bond donors (Lipinski definition) is 2. The maximum atomic E-state index is 11.9. The second-order valence-corrected chi connectivity index (χ2v) is 4.24. The van der Waals surface area contributed by atoms with Crippen molar-refractivity contribution in [2.45, 2.75) is 33.2 Å². The first kappa shape index (κ1) is 13.6. The summed E-state index contributed by atoms with van der Waals surface area (Å²) in [6.07, 6.45) is 0.728. The highest BCUT2D eigenvalue weighted by atomic mass is 16.5. The Bertz CT molecular complexity index is 362. The molecule has 1 heterocycles. The zero-order valence-corrected chi connectivity index (χ0v) is 10.8. The third-order valence-electron chi connectivity index (χ3n) is 2.54. The van der Waals surface area contributed by atoms with Gasteiger partial charge in [-0.05, 0) is 5.92 Å². The first-order chi connectivity index (χ1) is 8.08. The molecule has 1 atom stereocenters. The maximum Gasteiger partial charge on any atom is 0.291 e. The van der Waals surface area contributed by atoms with Crippen LogP contribution in [0.25, 0.3) is 0 Å². The van der Waals surface area contributed by atoms with Crippen LogP contribution in [-0.2, 0) is 11.2 Å². The van der Waals surface area contributed by atoms with Gasteiger partial charge < -0.3 is 10.1 Å². The van der Waals surface area contributed by atoms with Crippen molar-refractivity contribution in [1.29, 1.82) is 0 Å². The Kier molecular flexibility index (Phi) is 5.09. The summed E-state index contributed by atoms with van der Waals surface area (Å²) < 4.78 is 5.07. The van der Waals surface area contributed by atoms with Crippen molar-refractivity contribution < 1.29 is 9.53 Å². The number of aryl methyl sites for hydroxylation is 1. The van der Waals surface area contributed by atoms with Crippen LogP contribution in [0.3, 0.4) is 0 Å². The molecular formula is C11H20N4O2. The fourth-order valence-corrected chi connectivity index (χ4v) is 1.37. The molecule has 1 rings (SSSR count). The molecule has 1 unspecified atom stereocenters. The molecule has 0 saturated carbocycles. The van der Waals surface area contributed by atoms with E-state index in [-0.39, 0.29) is 17.8 Å². The van der Waals surface area contributed by atoms with Crippen LogP contribution in [0.4, 0.5) is 0 Å². The predicted octanol–water partition coefficient (Wildman–Crippen LogP) is 0.768. The Labute approximate surface area is 101 Å². The standard InChI is InChI=1S/C11H20N4O2/c1-5-9-13-10(15-14-9)11(16)12-8(6-17-4)7(2)3/h7-8H,5-6H2,1-4H3,(H,12,16)(H,13,14,15). The average molecular weight is 240 g/mol. The highest BCUT2D eigenvalue weighted by molar-refractivity contribution is 5.90. The van der Waals surface area contributed by atoms with Gasteiger partial charge in [0.05, 0.1) is 12.6 Å². The van der Waals surface area contributed by atoms with Crippen LogP contribution >= 0.6 is 0 Å². The maximum absolute atomic E-state index is 11.9. The third kappa shape index (κ3) is 3.81. The first-order valence-electron chi connectivity index (χ1n) is 5.79. The molecule has 0 bridgehead atoms. The lowest BCUT2D eigenvalue weighted by Crippen LogP contribution is -2.42. The number of hydrogen-bond acceptors (Lipinski definition) is 4. The van der Waals surface area contributed by atoms with Crippen molar-refractivity contribution in [2.75, 3.05) is 13.7 Å². The van der Waals surface area contributed by atoms with Gasteiger partial charge >= 0.3 is 0 Å². The molecule has 0 fully saturated rings. The number of aromatic nitrogens is 3. The largest absolute Gasteiger partial charge is 0.383 e. The fourth-order valence-electron chi connectivity index (χ4n) is 1.37.